The van der Waals surface area contributed by atoms with E-state index in [9.17, 15) is 0 Å². The summed E-state index contributed by atoms with van der Waals surface area (Å²) in [5, 5.41) is 0. The molecular weight excluding hydrogens is 294 g/mol. The van der Waals surface area contributed by atoms with Crippen molar-refractivity contribution in [2.24, 2.45) is 0 Å². The van der Waals surface area contributed by atoms with E-state index in [1.54, 1.807) is 0 Å². The highest BCUT2D eigenvalue weighted by atomic mass is 35.5. The summed E-state index contributed by atoms with van der Waals surface area (Å²) >= 11 is 0. The topological polar surface area (TPSA) is 19.1 Å². The highest BCUT2D eigenvalue weighted by Crippen LogP contribution is 2.28. The summed E-state index contributed by atoms with van der Waals surface area (Å²) in [5.41, 5.74) is 2.80. The molecule has 1 fully saturated rings. The molecule has 0 aliphatic carbocycles. The van der Waals surface area contributed by atoms with Crippen LogP contribution in [0.15, 0.2) is 36.2 Å². The van der Waals surface area contributed by atoms with Gasteiger partial charge in [0.1, 0.15) is 5.69 Å². The highest BCUT2D eigenvalue weighted by molar-refractivity contribution is 5.68. The van der Waals surface area contributed by atoms with Gasteiger partial charge in [0.25, 0.3) is 0 Å². The largest absolute Gasteiger partial charge is 1.00 e. The second-order valence-electron chi connectivity index (χ2n) is 6.79. The summed E-state index contributed by atoms with van der Waals surface area (Å²) in [5.74, 6) is 0. The lowest BCUT2D eigenvalue weighted by Crippen LogP contribution is -3.00. The van der Waals surface area contributed by atoms with Gasteiger partial charge in [-0.3, -0.25) is 4.98 Å². The molecule has 0 radical (unpaired) electrons. The van der Waals surface area contributed by atoms with Crippen molar-refractivity contribution in [3.05, 3.63) is 41.9 Å². The van der Waals surface area contributed by atoms with Crippen molar-refractivity contribution in [1.29, 1.82) is 0 Å². The van der Waals surface area contributed by atoms with E-state index >= 15 is 0 Å². The van der Waals surface area contributed by atoms with Gasteiger partial charge in [0.2, 0.25) is 0 Å². The molecule has 3 rings (SSSR count). The van der Waals surface area contributed by atoms with Crippen LogP contribution in [0.2, 0.25) is 0 Å². The molecule has 4 heteroatoms. The van der Waals surface area contributed by atoms with Gasteiger partial charge < -0.3 is 17.3 Å². The Labute approximate surface area is 140 Å². The minimum Gasteiger partial charge on any atom is -1.00 e. The van der Waals surface area contributed by atoms with Gasteiger partial charge in [-0.15, -0.1) is 0 Å². The van der Waals surface area contributed by atoms with Crippen LogP contribution >= 0.6 is 0 Å². The average molecular weight is 320 g/mol. The number of allylic oxidation sites excluding steroid dienone is 1. The van der Waals surface area contributed by atoms with Crippen molar-refractivity contribution in [2.45, 2.75) is 51.6 Å². The van der Waals surface area contributed by atoms with E-state index < -0.39 is 0 Å². The average Bonchev–Trinajstić information content (AvgIpc) is 2.51. The molecule has 1 aromatic rings. The van der Waals surface area contributed by atoms with Crippen LogP contribution in [0.4, 0.5) is 0 Å². The zero-order chi connectivity index (χ0) is 14.7. The Balaban J connectivity index is 0.00000176. The second kappa shape index (κ2) is 7.28. The fourth-order valence-corrected chi connectivity index (χ4v) is 3.31. The maximum absolute atomic E-state index is 4.45. The maximum atomic E-state index is 4.45. The first-order valence-corrected chi connectivity index (χ1v) is 8.11. The molecule has 22 heavy (non-hydrogen) atoms. The van der Waals surface area contributed by atoms with Crippen molar-refractivity contribution in [1.82, 2.24) is 9.88 Å². The Morgan fingerprint density at radius 1 is 1.18 bits per heavy atom. The van der Waals surface area contributed by atoms with Crippen molar-refractivity contribution in [3.63, 3.8) is 0 Å². The predicted octanol–water partition coefficient (Wildman–Crippen LogP) is 0.221. The van der Waals surface area contributed by atoms with Crippen molar-refractivity contribution >= 4 is 6.21 Å². The molecule has 0 atom stereocenters. The molecule has 1 aromatic heterocycles. The molecule has 0 N–H and O–H groups in total. The number of aromatic nitrogens is 1. The Hall–Kier alpha value is -1.35. The number of halogens is 1. The zero-order valence-corrected chi connectivity index (χ0v) is 14.4. The molecule has 2 aliphatic heterocycles. The van der Waals surface area contributed by atoms with Crippen molar-refractivity contribution in [2.75, 3.05) is 13.1 Å². The van der Waals surface area contributed by atoms with E-state index in [4.69, 9.17) is 0 Å². The lowest BCUT2D eigenvalue weighted by atomic mass is 9.93. The molecule has 0 bridgehead atoms. The molecule has 0 spiro atoms. The lowest BCUT2D eigenvalue weighted by Gasteiger charge is -2.35. The zero-order valence-electron chi connectivity index (χ0n) is 13.6. The lowest BCUT2D eigenvalue weighted by molar-refractivity contribution is -0.613. The summed E-state index contributed by atoms with van der Waals surface area (Å²) < 4.78 is 2.42. The molecule has 120 valence electrons. The summed E-state index contributed by atoms with van der Waals surface area (Å²) in [6, 6.07) is 6.14. The smallest absolute Gasteiger partial charge is 0.185 e. The molecule has 0 saturated carbocycles. The Bertz CT molecular complexity index is 543. The fraction of sp³-hybridized carbons (Fsp3) is 0.556. The standard InChI is InChI=1S/C18H26N3.ClH/c1-18(2)14-17(20-11-6-3-7-12-20)9-13-21(18)15-16-8-4-5-10-19-16;/h4-5,8-10,13H,3,6-7,11-12,14-15H2,1-2H3;1H/q+1;/p-1. The van der Waals surface area contributed by atoms with Crippen LogP contribution in [0.5, 0.6) is 0 Å². The molecule has 2 aliphatic rings. The van der Waals surface area contributed by atoms with Crippen LogP contribution in [0.1, 0.15) is 45.2 Å². The van der Waals surface area contributed by atoms with E-state index in [0.717, 1.165) is 18.7 Å². The van der Waals surface area contributed by atoms with Gasteiger partial charge in [-0.25, -0.2) is 4.58 Å². The molecule has 3 heterocycles. The van der Waals surface area contributed by atoms with Crippen molar-refractivity contribution in [3.8, 4) is 0 Å². The molecule has 0 unspecified atom stereocenters. The van der Waals surface area contributed by atoms with Crippen LogP contribution in [-0.4, -0.2) is 39.3 Å². The Kier molecular flexibility index (Phi) is 5.63. The third-order valence-corrected chi connectivity index (χ3v) is 4.66. The van der Waals surface area contributed by atoms with Gasteiger partial charge in [0, 0.05) is 44.9 Å². The number of nitrogens with zero attached hydrogens (tertiary/aromatic N) is 3. The van der Waals surface area contributed by atoms with Crippen LogP contribution < -0.4 is 12.4 Å². The number of pyridine rings is 1. The van der Waals surface area contributed by atoms with Gasteiger partial charge in [-0.1, -0.05) is 6.07 Å². The summed E-state index contributed by atoms with van der Waals surface area (Å²) in [6.45, 7) is 8.02. The fourth-order valence-electron chi connectivity index (χ4n) is 3.31. The molecular formula is C18H26ClN3. The Morgan fingerprint density at radius 3 is 2.59 bits per heavy atom. The van der Waals surface area contributed by atoms with Crippen LogP contribution in [0.25, 0.3) is 0 Å². The van der Waals surface area contributed by atoms with Crippen molar-refractivity contribution < 1.29 is 17.0 Å². The van der Waals surface area contributed by atoms with E-state index in [0.29, 0.717) is 0 Å². The molecule has 0 amide bonds. The first kappa shape index (κ1) is 17.0. The van der Waals surface area contributed by atoms with Gasteiger partial charge in [0.05, 0.1) is 6.42 Å². The quantitative estimate of drug-likeness (QED) is 0.743. The monoisotopic (exact) mass is 319 g/mol. The Morgan fingerprint density at radius 2 is 1.95 bits per heavy atom. The summed E-state index contributed by atoms with van der Waals surface area (Å²) in [6.07, 6.45) is 11.7. The second-order valence-corrected chi connectivity index (χ2v) is 6.79. The maximum Gasteiger partial charge on any atom is 0.185 e. The summed E-state index contributed by atoms with van der Waals surface area (Å²) in [7, 11) is 0. The van der Waals surface area contributed by atoms with E-state index in [1.807, 2.05) is 12.3 Å². The van der Waals surface area contributed by atoms with E-state index in [-0.39, 0.29) is 17.9 Å². The van der Waals surface area contributed by atoms with Gasteiger partial charge in [-0.05, 0) is 31.4 Å². The number of piperidine rings is 1. The van der Waals surface area contributed by atoms with Crippen LogP contribution in [0.3, 0.4) is 0 Å². The number of hydrogen-bond donors (Lipinski definition) is 0. The van der Waals surface area contributed by atoms with E-state index in [2.05, 4.69) is 52.7 Å². The first-order chi connectivity index (χ1) is 10.1. The van der Waals surface area contributed by atoms with E-state index in [1.165, 1.54) is 38.0 Å². The molecule has 1 saturated heterocycles. The van der Waals surface area contributed by atoms with Crippen LogP contribution in [-0.2, 0) is 6.54 Å². The number of rotatable bonds is 3. The number of likely N-dealkylation sites (tertiary alicyclic amines) is 1. The minimum atomic E-state index is 0. The molecule has 0 aromatic carbocycles. The first-order valence-electron chi connectivity index (χ1n) is 8.11. The summed E-state index contributed by atoms with van der Waals surface area (Å²) in [4.78, 5) is 7.04. The third kappa shape index (κ3) is 3.89. The normalized spacial score (nSPS) is 20.7. The number of hydrogen-bond acceptors (Lipinski definition) is 2. The SMILES string of the molecule is CC1(C)CC(N2CCCCC2)=CC=[N+]1Cc1ccccn1.[Cl-]. The molecule has 3 nitrogen and oxygen atoms in total. The highest BCUT2D eigenvalue weighted by Gasteiger charge is 2.35. The predicted molar refractivity (Wildman–Crippen MR) is 86.5 cm³/mol. The van der Waals surface area contributed by atoms with Gasteiger partial charge in [-0.2, -0.15) is 0 Å². The minimum absolute atomic E-state index is 0. The van der Waals surface area contributed by atoms with Gasteiger partial charge >= 0.3 is 0 Å². The third-order valence-electron chi connectivity index (χ3n) is 4.66. The van der Waals surface area contributed by atoms with Gasteiger partial charge in [0.15, 0.2) is 18.3 Å². The van der Waals surface area contributed by atoms with Crippen LogP contribution in [0, 0.1) is 0 Å².